The summed E-state index contributed by atoms with van der Waals surface area (Å²) in [6.07, 6.45) is 1.32. The number of hydrogen-bond donors (Lipinski definition) is 1. The Bertz CT molecular complexity index is 437. The lowest BCUT2D eigenvalue weighted by atomic mass is 10.1. The molecular weight excluding hydrogens is 236 g/mol. The number of carbonyl (C=O) groups is 2. The minimum atomic E-state index is -1.59. The van der Waals surface area contributed by atoms with Gasteiger partial charge in [0, 0.05) is 0 Å². The van der Waals surface area contributed by atoms with Gasteiger partial charge < -0.3 is 9.53 Å². The van der Waals surface area contributed by atoms with Gasteiger partial charge in [-0.1, -0.05) is 30.3 Å². The van der Waals surface area contributed by atoms with Gasteiger partial charge in [0.1, 0.15) is 5.57 Å². The molecule has 0 aromatic heterocycles. The van der Waals surface area contributed by atoms with Gasteiger partial charge >= 0.3 is 11.9 Å². The molecule has 0 aliphatic carbocycles. The van der Waals surface area contributed by atoms with Crippen molar-refractivity contribution in [2.75, 3.05) is 0 Å². The van der Waals surface area contributed by atoms with Crippen LogP contribution in [0.1, 0.15) is 5.56 Å². The van der Waals surface area contributed by atoms with E-state index in [0.717, 1.165) is 0 Å². The first-order valence-electron chi connectivity index (χ1n) is 5.21. The zero-order chi connectivity index (χ0) is 12.8. The maximum absolute atomic E-state index is 11.6. The van der Waals surface area contributed by atoms with Crippen LogP contribution in [0.5, 0.6) is 0 Å². The van der Waals surface area contributed by atoms with Gasteiger partial charge in [-0.05, 0) is 24.7 Å². The van der Waals surface area contributed by atoms with Crippen LogP contribution >= 0.6 is 0 Å². The fraction of sp³-hybridized carbons (Fsp3) is 0.167. The van der Waals surface area contributed by atoms with E-state index in [4.69, 9.17) is 9.53 Å². The monoisotopic (exact) mass is 250 g/mol. The highest BCUT2D eigenvalue weighted by atomic mass is 28.3. The maximum atomic E-state index is 11.6. The van der Waals surface area contributed by atoms with E-state index >= 15 is 0 Å². The van der Waals surface area contributed by atoms with Crippen molar-refractivity contribution in [2.24, 2.45) is 0 Å². The fourth-order valence-corrected chi connectivity index (χ4v) is 1.76. The van der Waals surface area contributed by atoms with Crippen LogP contribution in [0.2, 0.25) is 13.1 Å². The van der Waals surface area contributed by atoms with Crippen molar-refractivity contribution in [3.8, 4) is 0 Å². The number of carboxylic acid groups (broad SMARTS) is 1. The number of carboxylic acids is 1. The number of carbonyl (C=O) groups excluding carboxylic acids is 1. The van der Waals surface area contributed by atoms with E-state index in [-0.39, 0.29) is 5.57 Å². The fourth-order valence-electron chi connectivity index (χ4n) is 1.20. The molecule has 0 radical (unpaired) electrons. The summed E-state index contributed by atoms with van der Waals surface area (Å²) in [5.74, 6) is -2.03. The molecule has 1 aromatic carbocycles. The van der Waals surface area contributed by atoms with Crippen molar-refractivity contribution in [3.05, 3.63) is 41.5 Å². The van der Waals surface area contributed by atoms with Crippen molar-refractivity contribution in [1.29, 1.82) is 0 Å². The summed E-state index contributed by atoms with van der Waals surface area (Å²) < 4.78 is 5.00. The SMILES string of the molecule is C[SiH](C)OC(=O)C(=Cc1ccccc1)C(=O)O. The van der Waals surface area contributed by atoms with Crippen LogP contribution in [0.25, 0.3) is 6.08 Å². The number of hydrogen-bond acceptors (Lipinski definition) is 3. The summed E-state index contributed by atoms with van der Waals surface area (Å²) in [7, 11) is -1.59. The first kappa shape index (κ1) is 13.2. The number of rotatable bonds is 4. The second-order valence-electron chi connectivity index (χ2n) is 3.73. The normalized spacial score (nSPS) is 11.4. The van der Waals surface area contributed by atoms with Crippen LogP contribution in [0.3, 0.4) is 0 Å². The molecule has 90 valence electrons. The van der Waals surface area contributed by atoms with Gasteiger partial charge in [0.2, 0.25) is 9.04 Å². The standard InChI is InChI=1S/C12H14O4Si/c1-17(2)16-12(15)10(11(13)14)8-9-6-4-3-5-7-9/h3-8,17H,1-2H3,(H,13,14). The first-order chi connectivity index (χ1) is 8.00. The summed E-state index contributed by atoms with van der Waals surface area (Å²) in [5, 5.41) is 8.96. The molecule has 4 nitrogen and oxygen atoms in total. The zero-order valence-electron chi connectivity index (χ0n) is 9.71. The Balaban J connectivity index is 2.98. The van der Waals surface area contributed by atoms with Gasteiger partial charge in [-0.3, -0.25) is 0 Å². The van der Waals surface area contributed by atoms with Gasteiger partial charge in [-0.2, -0.15) is 0 Å². The molecule has 0 unspecified atom stereocenters. The summed E-state index contributed by atoms with van der Waals surface area (Å²) in [6, 6.07) is 8.81. The third-order valence-electron chi connectivity index (χ3n) is 1.90. The molecule has 1 rings (SSSR count). The predicted octanol–water partition coefficient (Wildman–Crippen LogP) is 1.68. The third-order valence-corrected chi connectivity index (χ3v) is 2.59. The Kier molecular flexibility index (Phi) is 4.65. The number of benzene rings is 1. The smallest absolute Gasteiger partial charge is 0.343 e. The molecule has 0 spiro atoms. The molecule has 0 aliphatic rings. The van der Waals surface area contributed by atoms with Crippen molar-refractivity contribution in [1.82, 2.24) is 0 Å². The molecule has 0 atom stereocenters. The highest BCUT2D eigenvalue weighted by Crippen LogP contribution is 2.09. The van der Waals surface area contributed by atoms with Crippen LogP contribution in [0, 0.1) is 0 Å². The zero-order valence-corrected chi connectivity index (χ0v) is 10.9. The van der Waals surface area contributed by atoms with E-state index in [1.807, 2.05) is 6.07 Å². The van der Waals surface area contributed by atoms with Crippen molar-refractivity contribution in [3.63, 3.8) is 0 Å². The van der Waals surface area contributed by atoms with E-state index in [2.05, 4.69) is 0 Å². The van der Waals surface area contributed by atoms with Gasteiger partial charge in [0.15, 0.2) is 0 Å². The quantitative estimate of drug-likeness (QED) is 0.382. The Morgan fingerprint density at radius 3 is 2.29 bits per heavy atom. The minimum absolute atomic E-state index is 0.336. The van der Waals surface area contributed by atoms with Crippen LogP contribution in [0.15, 0.2) is 35.9 Å². The number of aliphatic carboxylic acids is 1. The molecule has 0 fully saturated rings. The Morgan fingerprint density at radius 1 is 1.24 bits per heavy atom. The largest absolute Gasteiger partial charge is 0.519 e. The molecule has 5 heteroatoms. The first-order valence-corrected chi connectivity index (χ1v) is 8.00. The second-order valence-corrected chi connectivity index (χ2v) is 6.06. The Labute approximate surface area is 101 Å². The van der Waals surface area contributed by atoms with Crippen molar-refractivity contribution >= 4 is 27.1 Å². The molecule has 1 aromatic rings. The van der Waals surface area contributed by atoms with Crippen LogP contribution in [-0.2, 0) is 14.0 Å². The minimum Gasteiger partial charge on any atom is -0.519 e. The molecule has 17 heavy (non-hydrogen) atoms. The lowest BCUT2D eigenvalue weighted by molar-refractivity contribution is -0.138. The predicted molar refractivity (Wildman–Crippen MR) is 67.0 cm³/mol. The molecule has 0 heterocycles. The summed E-state index contributed by atoms with van der Waals surface area (Å²) in [6.45, 7) is 3.61. The highest BCUT2D eigenvalue weighted by Gasteiger charge is 2.19. The van der Waals surface area contributed by atoms with Crippen LogP contribution in [-0.4, -0.2) is 26.1 Å². The Morgan fingerprint density at radius 2 is 1.82 bits per heavy atom. The molecule has 0 aliphatic heterocycles. The lowest BCUT2D eigenvalue weighted by Crippen LogP contribution is -2.21. The van der Waals surface area contributed by atoms with E-state index in [1.54, 1.807) is 37.4 Å². The molecular formula is C12H14O4Si. The average Bonchev–Trinajstić information content (AvgIpc) is 2.25. The molecule has 0 bridgehead atoms. The van der Waals surface area contributed by atoms with Crippen molar-refractivity contribution in [2.45, 2.75) is 13.1 Å². The van der Waals surface area contributed by atoms with E-state index in [0.29, 0.717) is 5.56 Å². The molecule has 0 saturated carbocycles. The molecule has 1 N–H and O–H groups in total. The average molecular weight is 250 g/mol. The van der Waals surface area contributed by atoms with Crippen LogP contribution < -0.4 is 0 Å². The van der Waals surface area contributed by atoms with Crippen molar-refractivity contribution < 1.29 is 19.1 Å². The summed E-state index contributed by atoms with van der Waals surface area (Å²) in [4.78, 5) is 22.5. The maximum Gasteiger partial charge on any atom is 0.343 e. The summed E-state index contributed by atoms with van der Waals surface area (Å²) >= 11 is 0. The summed E-state index contributed by atoms with van der Waals surface area (Å²) in [5.41, 5.74) is 0.324. The topological polar surface area (TPSA) is 63.6 Å². The third kappa shape index (κ3) is 4.24. The lowest BCUT2D eigenvalue weighted by Gasteiger charge is -2.07. The second kappa shape index (κ2) is 6.00. The Hall–Kier alpha value is -1.88. The van der Waals surface area contributed by atoms with Gasteiger partial charge in [-0.15, -0.1) is 0 Å². The molecule has 0 saturated heterocycles. The van der Waals surface area contributed by atoms with Gasteiger partial charge in [0.25, 0.3) is 0 Å². The van der Waals surface area contributed by atoms with Gasteiger partial charge in [0.05, 0.1) is 0 Å². The van der Waals surface area contributed by atoms with Gasteiger partial charge in [-0.25, -0.2) is 9.59 Å². The highest BCUT2D eigenvalue weighted by molar-refractivity contribution is 6.51. The molecule has 0 amide bonds. The van der Waals surface area contributed by atoms with Crippen LogP contribution in [0.4, 0.5) is 0 Å². The van der Waals surface area contributed by atoms with E-state index in [1.165, 1.54) is 6.08 Å². The van der Waals surface area contributed by atoms with E-state index < -0.39 is 21.0 Å². The van der Waals surface area contributed by atoms with E-state index in [9.17, 15) is 9.59 Å².